The zero-order valence-corrected chi connectivity index (χ0v) is 14.0. The number of hydrogen-bond donors (Lipinski definition) is 0. The minimum absolute atomic E-state index is 0.0241. The molecule has 0 spiro atoms. The lowest BCUT2D eigenvalue weighted by Crippen LogP contribution is -2.24. The van der Waals surface area contributed by atoms with E-state index >= 15 is 0 Å². The third kappa shape index (κ3) is 3.10. The van der Waals surface area contributed by atoms with Crippen molar-refractivity contribution in [1.82, 2.24) is 4.98 Å². The van der Waals surface area contributed by atoms with Gasteiger partial charge in [0, 0.05) is 25.1 Å². The summed E-state index contributed by atoms with van der Waals surface area (Å²) in [6.45, 7) is 4.63. The topological polar surface area (TPSA) is 59.5 Å². The van der Waals surface area contributed by atoms with Gasteiger partial charge in [0.05, 0.1) is 16.8 Å². The first-order valence-corrected chi connectivity index (χ1v) is 8.77. The number of hydrogen-bond acceptors (Lipinski definition) is 6. The lowest BCUT2D eigenvalue weighted by molar-refractivity contribution is -0.117. The molecular formula is C15H16N2O3S2. The van der Waals surface area contributed by atoms with Crippen LogP contribution in [0.15, 0.2) is 18.2 Å². The molecule has 2 aromatic rings. The second-order valence-corrected chi connectivity index (χ2v) is 7.49. The minimum atomic E-state index is 0.0241. The van der Waals surface area contributed by atoms with Crippen molar-refractivity contribution in [3.05, 3.63) is 18.2 Å². The molecule has 1 amide bonds. The van der Waals surface area contributed by atoms with Crippen molar-refractivity contribution in [2.45, 2.75) is 25.5 Å². The third-order valence-electron chi connectivity index (χ3n) is 3.31. The monoisotopic (exact) mass is 336 g/mol. The Kier molecular flexibility index (Phi) is 4.35. The first-order valence-electron chi connectivity index (χ1n) is 7.07. The summed E-state index contributed by atoms with van der Waals surface area (Å²) >= 11 is 2.71. The maximum atomic E-state index is 12.2. The highest BCUT2D eigenvalue weighted by atomic mass is 32.2. The van der Waals surface area contributed by atoms with Gasteiger partial charge in [0.25, 0.3) is 0 Å². The fourth-order valence-electron chi connectivity index (χ4n) is 2.44. The Morgan fingerprint density at radius 2 is 2.36 bits per heavy atom. The summed E-state index contributed by atoms with van der Waals surface area (Å²) in [5.41, 5.74) is 0.860. The first-order chi connectivity index (χ1) is 10.6. The largest absolute Gasteiger partial charge is 0.494 e. The van der Waals surface area contributed by atoms with Crippen LogP contribution in [0.25, 0.3) is 10.2 Å². The van der Waals surface area contributed by atoms with Crippen LogP contribution in [0.5, 0.6) is 5.75 Å². The van der Waals surface area contributed by atoms with E-state index in [1.807, 2.05) is 25.1 Å². The van der Waals surface area contributed by atoms with Gasteiger partial charge in [-0.25, -0.2) is 4.98 Å². The van der Waals surface area contributed by atoms with Gasteiger partial charge in [0.15, 0.2) is 10.2 Å². The Hall–Kier alpha value is -1.60. The van der Waals surface area contributed by atoms with Gasteiger partial charge in [-0.3, -0.25) is 14.5 Å². The Morgan fingerprint density at radius 1 is 1.55 bits per heavy atom. The molecule has 2 heterocycles. The molecule has 1 fully saturated rings. The van der Waals surface area contributed by atoms with E-state index in [9.17, 15) is 9.59 Å². The van der Waals surface area contributed by atoms with Crippen LogP contribution in [0.2, 0.25) is 0 Å². The van der Waals surface area contributed by atoms with E-state index in [1.54, 1.807) is 4.90 Å². The van der Waals surface area contributed by atoms with Gasteiger partial charge in [-0.15, -0.1) is 0 Å². The van der Waals surface area contributed by atoms with E-state index in [0.717, 1.165) is 16.0 Å². The molecule has 1 saturated heterocycles. The van der Waals surface area contributed by atoms with E-state index in [1.165, 1.54) is 30.0 Å². The second-order valence-electron chi connectivity index (χ2n) is 5.00. The standard InChI is InChI=1S/C15H16N2O3S2/c1-3-20-10-4-5-12-13(6-10)22-15(16-12)17-8-11(7-14(17)19)21-9(2)18/h4-6,11H,3,7-8H2,1-2H3. The molecule has 0 bridgehead atoms. The number of carbonyl (C=O) groups is 2. The number of thiazole rings is 1. The van der Waals surface area contributed by atoms with E-state index in [2.05, 4.69) is 4.98 Å². The van der Waals surface area contributed by atoms with Gasteiger partial charge in [0.1, 0.15) is 5.75 Å². The van der Waals surface area contributed by atoms with E-state index in [0.29, 0.717) is 24.7 Å². The van der Waals surface area contributed by atoms with Crippen LogP contribution >= 0.6 is 23.1 Å². The van der Waals surface area contributed by atoms with Gasteiger partial charge in [-0.05, 0) is 25.1 Å². The number of thioether (sulfide) groups is 1. The molecule has 1 unspecified atom stereocenters. The third-order valence-corrected chi connectivity index (χ3v) is 5.33. The van der Waals surface area contributed by atoms with E-state index in [-0.39, 0.29) is 16.3 Å². The Balaban J connectivity index is 1.84. The van der Waals surface area contributed by atoms with E-state index in [4.69, 9.17) is 4.74 Å². The van der Waals surface area contributed by atoms with Crippen LogP contribution in [0.1, 0.15) is 20.3 Å². The number of benzene rings is 1. The number of ether oxygens (including phenoxy) is 1. The van der Waals surface area contributed by atoms with Crippen molar-refractivity contribution >= 4 is 49.5 Å². The predicted octanol–water partition coefficient (Wildman–Crippen LogP) is 3.08. The Morgan fingerprint density at radius 3 is 3.09 bits per heavy atom. The number of amides is 1. The molecule has 1 aromatic carbocycles. The average Bonchev–Trinajstić information content (AvgIpc) is 3.01. The summed E-state index contributed by atoms with van der Waals surface area (Å²) in [6.07, 6.45) is 0.393. The number of nitrogens with zero attached hydrogens (tertiary/aromatic N) is 2. The molecule has 5 nitrogen and oxygen atoms in total. The summed E-state index contributed by atoms with van der Waals surface area (Å²) in [7, 11) is 0. The summed E-state index contributed by atoms with van der Waals surface area (Å²) in [5.74, 6) is 0.839. The van der Waals surface area contributed by atoms with Crippen LogP contribution < -0.4 is 9.64 Å². The van der Waals surface area contributed by atoms with Crippen molar-refractivity contribution in [2.24, 2.45) is 0 Å². The van der Waals surface area contributed by atoms with Gasteiger partial charge in [-0.1, -0.05) is 23.1 Å². The lowest BCUT2D eigenvalue weighted by atomic mass is 10.3. The molecule has 0 N–H and O–H groups in total. The molecule has 7 heteroatoms. The van der Waals surface area contributed by atoms with Crippen molar-refractivity contribution < 1.29 is 14.3 Å². The zero-order valence-electron chi connectivity index (χ0n) is 12.4. The molecule has 0 saturated carbocycles. The number of fused-ring (bicyclic) bond motifs is 1. The number of rotatable bonds is 4. The molecule has 0 aliphatic carbocycles. The Labute approximate surface area is 136 Å². The highest BCUT2D eigenvalue weighted by molar-refractivity contribution is 8.14. The van der Waals surface area contributed by atoms with Crippen LogP contribution in [0, 0.1) is 0 Å². The average molecular weight is 336 g/mol. The lowest BCUT2D eigenvalue weighted by Gasteiger charge is -2.11. The molecule has 1 aliphatic rings. The van der Waals surface area contributed by atoms with Crippen LogP contribution in [0.3, 0.4) is 0 Å². The van der Waals surface area contributed by atoms with Gasteiger partial charge in [0.2, 0.25) is 5.91 Å². The molecule has 1 atom stereocenters. The van der Waals surface area contributed by atoms with Gasteiger partial charge < -0.3 is 4.74 Å². The predicted molar refractivity (Wildman–Crippen MR) is 89.8 cm³/mol. The molecule has 22 heavy (non-hydrogen) atoms. The van der Waals surface area contributed by atoms with Crippen LogP contribution in [-0.2, 0) is 9.59 Å². The van der Waals surface area contributed by atoms with Crippen molar-refractivity contribution in [2.75, 3.05) is 18.1 Å². The zero-order chi connectivity index (χ0) is 15.7. The number of carbonyl (C=O) groups excluding carboxylic acids is 2. The second kappa shape index (κ2) is 6.26. The highest BCUT2D eigenvalue weighted by Gasteiger charge is 2.33. The summed E-state index contributed by atoms with van der Waals surface area (Å²) in [5, 5.41) is 0.765. The Bertz CT molecular complexity index is 729. The number of anilines is 1. The smallest absolute Gasteiger partial charge is 0.230 e. The quantitative estimate of drug-likeness (QED) is 0.859. The van der Waals surface area contributed by atoms with Crippen molar-refractivity contribution in [1.29, 1.82) is 0 Å². The molecule has 116 valence electrons. The molecular weight excluding hydrogens is 320 g/mol. The maximum Gasteiger partial charge on any atom is 0.230 e. The molecule has 3 rings (SSSR count). The highest BCUT2D eigenvalue weighted by Crippen LogP contribution is 2.35. The van der Waals surface area contributed by atoms with Crippen LogP contribution in [-0.4, -0.2) is 34.4 Å². The molecule has 1 aromatic heterocycles. The summed E-state index contributed by atoms with van der Waals surface area (Å²) < 4.78 is 6.48. The number of aromatic nitrogens is 1. The first kappa shape index (κ1) is 15.3. The normalized spacial score (nSPS) is 18.2. The molecule has 0 radical (unpaired) electrons. The van der Waals surface area contributed by atoms with E-state index < -0.39 is 0 Å². The SMILES string of the molecule is CCOc1ccc2nc(N3CC(SC(C)=O)CC3=O)sc2c1. The van der Waals surface area contributed by atoms with Crippen molar-refractivity contribution in [3.63, 3.8) is 0 Å². The minimum Gasteiger partial charge on any atom is -0.494 e. The van der Waals surface area contributed by atoms with Crippen LogP contribution in [0.4, 0.5) is 5.13 Å². The van der Waals surface area contributed by atoms with Gasteiger partial charge in [-0.2, -0.15) is 0 Å². The van der Waals surface area contributed by atoms with Gasteiger partial charge >= 0.3 is 0 Å². The summed E-state index contributed by atoms with van der Waals surface area (Å²) in [4.78, 5) is 29.6. The van der Waals surface area contributed by atoms with Crippen molar-refractivity contribution in [3.8, 4) is 5.75 Å². The molecule has 1 aliphatic heterocycles. The summed E-state index contributed by atoms with van der Waals surface area (Å²) in [6, 6.07) is 5.74. The fraction of sp³-hybridized carbons (Fsp3) is 0.400. The fourth-order valence-corrected chi connectivity index (χ4v) is 4.38. The maximum absolute atomic E-state index is 12.2.